The Morgan fingerprint density at radius 1 is 1.26 bits per heavy atom. The number of nitrogens with one attached hydrogen (secondary N) is 2. The molecule has 23 heavy (non-hydrogen) atoms. The van der Waals surface area contributed by atoms with E-state index in [0.717, 1.165) is 18.9 Å². The van der Waals surface area contributed by atoms with Crippen molar-refractivity contribution in [3.05, 3.63) is 12.7 Å². The van der Waals surface area contributed by atoms with Gasteiger partial charge < -0.3 is 20.1 Å². The quantitative estimate of drug-likeness (QED) is 0.246. The summed E-state index contributed by atoms with van der Waals surface area (Å²) in [6.07, 6.45) is 2.94. The smallest absolute Gasteiger partial charge is 0.407 e. The summed E-state index contributed by atoms with van der Waals surface area (Å²) in [5.41, 5.74) is 0.0384. The molecular formula is C16H28N2O5. The predicted molar refractivity (Wildman–Crippen MR) is 86.8 cm³/mol. The zero-order valence-electron chi connectivity index (χ0n) is 14.2. The number of rotatable bonds is 12. The number of alkyl carbamates (subject to hydrolysis) is 1. The van der Waals surface area contributed by atoms with Crippen LogP contribution in [-0.4, -0.2) is 44.8 Å². The normalized spacial score (nSPS) is 12.0. The first kappa shape index (κ1) is 20.9. The zero-order chi connectivity index (χ0) is 17.7. The largest absolute Gasteiger partial charge is 0.459 e. The number of esters is 1. The van der Waals surface area contributed by atoms with E-state index in [1.807, 2.05) is 0 Å². The van der Waals surface area contributed by atoms with Crippen LogP contribution in [0.5, 0.6) is 0 Å². The SMILES string of the molecule is C=CC(=O)OCCOC(=O)NCCC(C)(C)CC(C)CNC=O. The minimum absolute atomic E-state index is 0.00318. The van der Waals surface area contributed by atoms with Crippen molar-refractivity contribution >= 4 is 18.5 Å². The molecule has 2 amide bonds. The van der Waals surface area contributed by atoms with E-state index in [9.17, 15) is 14.4 Å². The highest BCUT2D eigenvalue weighted by molar-refractivity contribution is 5.81. The number of carbonyl (C=O) groups excluding carboxylic acids is 3. The van der Waals surface area contributed by atoms with Gasteiger partial charge in [0, 0.05) is 19.2 Å². The van der Waals surface area contributed by atoms with Crippen molar-refractivity contribution in [3.63, 3.8) is 0 Å². The van der Waals surface area contributed by atoms with Gasteiger partial charge in [-0.3, -0.25) is 4.79 Å². The van der Waals surface area contributed by atoms with Crippen LogP contribution in [0.15, 0.2) is 12.7 Å². The summed E-state index contributed by atoms with van der Waals surface area (Å²) >= 11 is 0. The molecule has 0 heterocycles. The van der Waals surface area contributed by atoms with Crippen LogP contribution in [0.25, 0.3) is 0 Å². The summed E-state index contributed by atoms with van der Waals surface area (Å²) in [7, 11) is 0. The van der Waals surface area contributed by atoms with Gasteiger partial charge in [0.25, 0.3) is 0 Å². The summed E-state index contributed by atoms with van der Waals surface area (Å²) in [4.78, 5) is 32.5. The second-order valence-corrected chi connectivity index (χ2v) is 6.18. The standard InChI is InChI=1S/C16H28N2O5/c1-5-14(20)22-8-9-23-15(21)18-7-6-16(3,4)10-13(2)11-17-12-19/h5,12-13H,1,6-11H2,2-4H3,(H,17,19)(H,18,21). The third-order valence-corrected chi connectivity index (χ3v) is 3.25. The fraction of sp³-hybridized carbons (Fsp3) is 0.688. The molecule has 0 aliphatic carbocycles. The van der Waals surface area contributed by atoms with Crippen LogP contribution in [0, 0.1) is 11.3 Å². The Bertz CT molecular complexity index is 396. The molecule has 0 aliphatic rings. The average Bonchev–Trinajstić information content (AvgIpc) is 2.48. The second-order valence-electron chi connectivity index (χ2n) is 6.18. The molecule has 0 saturated heterocycles. The molecule has 7 nitrogen and oxygen atoms in total. The number of carbonyl (C=O) groups is 3. The van der Waals surface area contributed by atoms with Gasteiger partial charge >= 0.3 is 12.1 Å². The van der Waals surface area contributed by atoms with Crippen molar-refractivity contribution < 1.29 is 23.9 Å². The van der Waals surface area contributed by atoms with Crippen LogP contribution in [-0.2, 0) is 19.1 Å². The van der Waals surface area contributed by atoms with Gasteiger partial charge in [0.1, 0.15) is 13.2 Å². The molecule has 0 saturated carbocycles. The molecule has 0 aliphatic heterocycles. The lowest BCUT2D eigenvalue weighted by atomic mass is 9.80. The lowest BCUT2D eigenvalue weighted by molar-refractivity contribution is -0.138. The fourth-order valence-electron chi connectivity index (χ4n) is 2.26. The second kappa shape index (κ2) is 11.5. The molecule has 7 heteroatoms. The lowest BCUT2D eigenvalue weighted by Gasteiger charge is -2.28. The molecular weight excluding hydrogens is 300 g/mol. The van der Waals surface area contributed by atoms with E-state index in [-0.39, 0.29) is 18.6 Å². The lowest BCUT2D eigenvalue weighted by Crippen LogP contribution is -2.31. The van der Waals surface area contributed by atoms with Crippen LogP contribution < -0.4 is 10.6 Å². The molecule has 0 spiro atoms. The average molecular weight is 328 g/mol. The van der Waals surface area contributed by atoms with E-state index in [1.165, 1.54) is 0 Å². The fourth-order valence-corrected chi connectivity index (χ4v) is 2.26. The molecule has 0 fully saturated rings. The van der Waals surface area contributed by atoms with Gasteiger partial charge in [-0.25, -0.2) is 9.59 Å². The Kier molecular flexibility index (Phi) is 10.5. The number of ether oxygens (including phenoxy) is 2. The highest BCUT2D eigenvalue weighted by atomic mass is 16.6. The number of hydrogen-bond acceptors (Lipinski definition) is 5. The predicted octanol–water partition coefficient (Wildman–Crippen LogP) is 1.63. The Morgan fingerprint density at radius 3 is 2.52 bits per heavy atom. The number of amides is 2. The van der Waals surface area contributed by atoms with Gasteiger partial charge in [-0.05, 0) is 24.2 Å². The van der Waals surface area contributed by atoms with E-state index < -0.39 is 12.1 Å². The van der Waals surface area contributed by atoms with Crippen molar-refractivity contribution in [2.75, 3.05) is 26.3 Å². The minimum Gasteiger partial charge on any atom is -0.459 e. The van der Waals surface area contributed by atoms with E-state index in [2.05, 4.69) is 42.7 Å². The molecule has 0 bridgehead atoms. The van der Waals surface area contributed by atoms with Crippen LogP contribution >= 0.6 is 0 Å². The Labute approximate surface area is 137 Å². The maximum Gasteiger partial charge on any atom is 0.407 e. The molecule has 1 unspecified atom stereocenters. The summed E-state index contributed by atoms with van der Waals surface area (Å²) in [5, 5.41) is 5.34. The van der Waals surface area contributed by atoms with E-state index in [4.69, 9.17) is 4.74 Å². The summed E-state index contributed by atoms with van der Waals surface area (Å²) in [5.74, 6) is -0.185. The summed E-state index contributed by atoms with van der Waals surface area (Å²) < 4.78 is 9.56. The molecule has 0 aromatic carbocycles. The van der Waals surface area contributed by atoms with Crippen molar-refractivity contribution in [2.45, 2.75) is 33.6 Å². The van der Waals surface area contributed by atoms with E-state index in [0.29, 0.717) is 25.4 Å². The first-order valence-electron chi connectivity index (χ1n) is 7.67. The Balaban J connectivity index is 3.81. The van der Waals surface area contributed by atoms with Crippen molar-refractivity contribution in [1.82, 2.24) is 10.6 Å². The van der Waals surface area contributed by atoms with Crippen LogP contribution in [0.1, 0.15) is 33.6 Å². The van der Waals surface area contributed by atoms with Crippen LogP contribution in [0.2, 0.25) is 0 Å². The molecule has 1 atom stereocenters. The molecule has 0 rings (SSSR count). The minimum atomic E-state index is -0.547. The van der Waals surface area contributed by atoms with Gasteiger partial charge in [0.2, 0.25) is 6.41 Å². The molecule has 0 aromatic heterocycles. The van der Waals surface area contributed by atoms with Gasteiger partial charge in [0.05, 0.1) is 0 Å². The maximum atomic E-state index is 11.5. The summed E-state index contributed by atoms with van der Waals surface area (Å²) in [6, 6.07) is 0. The molecule has 2 N–H and O–H groups in total. The van der Waals surface area contributed by atoms with Crippen LogP contribution in [0.4, 0.5) is 4.79 Å². The molecule has 0 aromatic rings. The van der Waals surface area contributed by atoms with Gasteiger partial charge in [0.15, 0.2) is 0 Å². The summed E-state index contributed by atoms with van der Waals surface area (Å²) in [6.45, 7) is 10.7. The van der Waals surface area contributed by atoms with Crippen LogP contribution in [0.3, 0.4) is 0 Å². The molecule has 132 valence electrons. The maximum absolute atomic E-state index is 11.5. The highest BCUT2D eigenvalue weighted by Crippen LogP contribution is 2.28. The zero-order valence-corrected chi connectivity index (χ0v) is 14.2. The number of hydrogen-bond donors (Lipinski definition) is 2. The van der Waals surface area contributed by atoms with Gasteiger partial charge in [-0.15, -0.1) is 0 Å². The molecule has 0 radical (unpaired) electrons. The highest BCUT2D eigenvalue weighted by Gasteiger charge is 2.21. The van der Waals surface area contributed by atoms with E-state index >= 15 is 0 Å². The topological polar surface area (TPSA) is 93.7 Å². The monoisotopic (exact) mass is 328 g/mol. The van der Waals surface area contributed by atoms with Crippen molar-refractivity contribution in [1.29, 1.82) is 0 Å². The Morgan fingerprint density at radius 2 is 1.91 bits per heavy atom. The van der Waals surface area contributed by atoms with Gasteiger partial charge in [-0.2, -0.15) is 0 Å². The third kappa shape index (κ3) is 12.2. The third-order valence-electron chi connectivity index (χ3n) is 3.25. The van der Waals surface area contributed by atoms with Crippen molar-refractivity contribution in [2.24, 2.45) is 11.3 Å². The van der Waals surface area contributed by atoms with E-state index in [1.54, 1.807) is 0 Å². The van der Waals surface area contributed by atoms with Crippen molar-refractivity contribution in [3.8, 4) is 0 Å². The van der Waals surface area contributed by atoms with Gasteiger partial charge in [-0.1, -0.05) is 27.4 Å². The first-order valence-corrected chi connectivity index (χ1v) is 7.67. The first-order chi connectivity index (χ1) is 10.8. The Hall–Kier alpha value is -2.05.